The van der Waals surface area contributed by atoms with Crippen LogP contribution in [0.25, 0.3) is 0 Å². The first-order valence-electron chi connectivity index (χ1n) is 9.71. The quantitative estimate of drug-likeness (QED) is 0.385. The van der Waals surface area contributed by atoms with Crippen molar-refractivity contribution >= 4 is 11.8 Å². The minimum atomic E-state index is -2.02. The first kappa shape index (κ1) is 21.1. The summed E-state index contributed by atoms with van der Waals surface area (Å²) in [5.41, 5.74) is -4.03. The number of hydrogen-bond acceptors (Lipinski definition) is 5. The van der Waals surface area contributed by atoms with Gasteiger partial charge in [0.1, 0.15) is 11.2 Å². The number of carbonyl (C=O) groups excluding carboxylic acids is 1. The number of hydrogen-bond donors (Lipinski definition) is 4. The molecule has 0 aromatic carbocycles. The molecule has 0 saturated heterocycles. The fourth-order valence-corrected chi connectivity index (χ4v) is 4.80. The van der Waals surface area contributed by atoms with Crippen molar-refractivity contribution in [2.45, 2.75) is 83.0 Å². The van der Waals surface area contributed by atoms with E-state index in [0.717, 1.165) is 25.7 Å². The van der Waals surface area contributed by atoms with E-state index in [1.165, 1.54) is 6.92 Å². The number of carbonyl (C=O) groups is 2. The van der Waals surface area contributed by atoms with E-state index in [0.29, 0.717) is 19.3 Å². The lowest BCUT2D eigenvalue weighted by molar-refractivity contribution is -0.193. The molecule has 6 heteroatoms. The minimum absolute atomic E-state index is 0.329. The topological polar surface area (TPSA) is 115 Å². The molecule has 148 valence electrons. The van der Waals surface area contributed by atoms with Crippen molar-refractivity contribution in [3.8, 4) is 0 Å². The maximum Gasteiger partial charge on any atom is 0.315 e. The molecule has 1 saturated carbocycles. The number of aliphatic carboxylic acids is 1. The smallest absolute Gasteiger partial charge is 0.315 e. The van der Waals surface area contributed by atoms with Gasteiger partial charge in [0.25, 0.3) is 0 Å². The van der Waals surface area contributed by atoms with Gasteiger partial charge in [-0.25, -0.2) is 0 Å². The number of carboxylic acid groups (broad SMARTS) is 1. The number of allylic oxidation sites excluding steroid dienone is 1. The molecule has 0 aliphatic heterocycles. The van der Waals surface area contributed by atoms with Crippen LogP contribution in [0.3, 0.4) is 0 Å². The molecule has 2 aliphatic rings. The zero-order chi connectivity index (χ0) is 19.5. The molecule has 0 heterocycles. The number of aliphatic hydroxyl groups is 3. The van der Waals surface area contributed by atoms with Crippen molar-refractivity contribution in [2.75, 3.05) is 0 Å². The molecule has 0 bridgehead atoms. The van der Waals surface area contributed by atoms with Gasteiger partial charge >= 0.3 is 5.97 Å². The van der Waals surface area contributed by atoms with Crippen LogP contribution < -0.4 is 0 Å². The highest BCUT2D eigenvalue weighted by molar-refractivity contribution is 5.95. The van der Waals surface area contributed by atoms with Gasteiger partial charge in [-0.15, -0.1) is 0 Å². The van der Waals surface area contributed by atoms with Gasteiger partial charge in [-0.2, -0.15) is 0 Å². The van der Waals surface area contributed by atoms with Crippen LogP contribution in [0.5, 0.6) is 0 Å². The van der Waals surface area contributed by atoms with Crippen molar-refractivity contribution in [3.05, 3.63) is 12.2 Å². The summed E-state index contributed by atoms with van der Waals surface area (Å²) in [6.45, 7) is 3.31. The predicted octanol–water partition coefficient (Wildman–Crippen LogP) is 2.06. The van der Waals surface area contributed by atoms with Crippen molar-refractivity contribution < 1.29 is 30.0 Å². The van der Waals surface area contributed by atoms with Gasteiger partial charge in [-0.3, -0.25) is 9.59 Å². The van der Waals surface area contributed by atoms with Crippen molar-refractivity contribution in [1.82, 2.24) is 0 Å². The molecule has 2 aliphatic carbocycles. The Kier molecular flexibility index (Phi) is 6.64. The molecule has 0 spiro atoms. The highest BCUT2D eigenvalue weighted by atomic mass is 16.4. The van der Waals surface area contributed by atoms with Gasteiger partial charge in [-0.05, 0) is 32.6 Å². The number of carboxylic acids is 1. The third-order valence-corrected chi connectivity index (χ3v) is 6.38. The Morgan fingerprint density at radius 2 is 2.04 bits per heavy atom. The maximum atomic E-state index is 12.7. The molecular formula is C20H32O6. The Labute approximate surface area is 154 Å². The maximum absolute atomic E-state index is 12.7. The van der Waals surface area contributed by atoms with E-state index in [-0.39, 0.29) is 0 Å². The summed E-state index contributed by atoms with van der Waals surface area (Å²) in [6.07, 6.45) is 5.90. The number of Topliss-reactive ketones (excluding diaryl/α,β-unsaturated/α-hetero) is 1. The summed E-state index contributed by atoms with van der Waals surface area (Å²) < 4.78 is 0. The molecule has 26 heavy (non-hydrogen) atoms. The van der Waals surface area contributed by atoms with Gasteiger partial charge in [0.15, 0.2) is 0 Å². The van der Waals surface area contributed by atoms with E-state index in [4.69, 9.17) is 0 Å². The molecule has 2 unspecified atom stereocenters. The lowest BCUT2D eigenvalue weighted by Gasteiger charge is -2.44. The molecular weight excluding hydrogens is 336 g/mol. The van der Waals surface area contributed by atoms with Gasteiger partial charge < -0.3 is 20.4 Å². The van der Waals surface area contributed by atoms with Gasteiger partial charge in [-0.1, -0.05) is 38.3 Å². The molecule has 0 amide bonds. The third-order valence-electron chi connectivity index (χ3n) is 6.38. The highest BCUT2D eigenvalue weighted by Crippen LogP contribution is 2.54. The van der Waals surface area contributed by atoms with E-state index in [2.05, 4.69) is 0 Å². The molecule has 6 nitrogen and oxygen atoms in total. The summed E-state index contributed by atoms with van der Waals surface area (Å²) in [5, 5.41) is 42.6. The predicted molar refractivity (Wildman–Crippen MR) is 96.4 cm³/mol. The second kappa shape index (κ2) is 8.19. The molecule has 0 aromatic heterocycles. The summed E-state index contributed by atoms with van der Waals surface area (Å²) in [4.78, 5) is 24.9. The Hall–Kier alpha value is -1.24. The number of ketones is 1. The first-order valence-corrected chi connectivity index (χ1v) is 9.71. The largest absolute Gasteiger partial charge is 0.481 e. The SMILES string of the molecule is CCCCCC(O)[C@H]1C(=O)C[C@](C(=O)O)(C(O)[C@@H]2C=CCCC2)[C@@]1(C)O. The van der Waals surface area contributed by atoms with Crippen LogP contribution in [0.15, 0.2) is 12.2 Å². The molecule has 2 rings (SSSR count). The van der Waals surface area contributed by atoms with E-state index < -0.39 is 53.2 Å². The van der Waals surface area contributed by atoms with E-state index in [9.17, 15) is 30.0 Å². The Morgan fingerprint density at radius 1 is 1.35 bits per heavy atom. The van der Waals surface area contributed by atoms with Crippen molar-refractivity contribution in [3.63, 3.8) is 0 Å². The van der Waals surface area contributed by atoms with Crippen LogP contribution in [0, 0.1) is 17.3 Å². The summed E-state index contributed by atoms with van der Waals surface area (Å²) >= 11 is 0. The number of aliphatic hydroxyl groups excluding tert-OH is 2. The molecule has 0 aromatic rings. The van der Waals surface area contributed by atoms with E-state index >= 15 is 0 Å². The number of unbranched alkanes of at least 4 members (excludes halogenated alkanes) is 2. The van der Waals surface area contributed by atoms with E-state index in [1.54, 1.807) is 6.08 Å². The zero-order valence-electron chi connectivity index (χ0n) is 15.7. The fraction of sp³-hybridized carbons (Fsp3) is 0.800. The molecule has 0 radical (unpaired) electrons. The second-order valence-corrected chi connectivity index (χ2v) is 8.08. The van der Waals surface area contributed by atoms with E-state index in [1.807, 2.05) is 13.0 Å². The van der Waals surface area contributed by atoms with Crippen LogP contribution in [0.4, 0.5) is 0 Å². The standard InChI is InChI=1S/C20H32O6/c1-3-4-6-11-14(21)16-15(22)12-20(18(24)25,19(16,2)26)17(23)13-9-7-5-8-10-13/h7,9,13-14,16-17,21,23,26H,3-6,8,10-12H2,1-2H3,(H,24,25)/t13-,14?,16+,17?,19+,20-/m1/s1. The highest BCUT2D eigenvalue weighted by Gasteiger charge is 2.70. The monoisotopic (exact) mass is 368 g/mol. The lowest BCUT2D eigenvalue weighted by Crippen LogP contribution is -2.60. The summed E-state index contributed by atoms with van der Waals surface area (Å²) in [6, 6.07) is 0. The van der Waals surface area contributed by atoms with Crippen molar-refractivity contribution in [2.24, 2.45) is 17.3 Å². The molecule has 4 N–H and O–H groups in total. The van der Waals surface area contributed by atoms with Crippen molar-refractivity contribution in [1.29, 1.82) is 0 Å². The average molecular weight is 368 g/mol. The van der Waals surface area contributed by atoms with Gasteiger partial charge in [0.05, 0.1) is 23.7 Å². The third kappa shape index (κ3) is 3.47. The Balaban J connectivity index is 2.34. The minimum Gasteiger partial charge on any atom is -0.481 e. The van der Waals surface area contributed by atoms with Gasteiger partial charge in [0.2, 0.25) is 0 Å². The number of rotatable bonds is 8. The van der Waals surface area contributed by atoms with Crippen LogP contribution in [0.1, 0.15) is 65.2 Å². The summed E-state index contributed by atoms with van der Waals surface area (Å²) in [7, 11) is 0. The van der Waals surface area contributed by atoms with Crippen LogP contribution in [-0.2, 0) is 9.59 Å². The molecule has 6 atom stereocenters. The summed E-state index contributed by atoms with van der Waals surface area (Å²) in [5.74, 6) is -3.49. The molecule has 1 fully saturated rings. The average Bonchev–Trinajstić information content (AvgIpc) is 2.81. The van der Waals surface area contributed by atoms with Gasteiger partial charge in [0, 0.05) is 12.3 Å². The van der Waals surface area contributed by atoms with Crippen LogP contribution >= 0.6 is 0 Å². The Bertz CT molecular complexity index is 555. The van der Waals surface area contributed by atoms with Crippen LogP contribution in [0.2, 0.25) is 0 Å². The zero-order valence-corrected chi connectivity index (χ0v) is 15.7. The van der Waals surface area contributed by atoms with Crippen LogP contribution in [-0.4, -0.2) is 50.0 Å². The fourth-order valence-electron chi connectivity index (χ4n) is 4.80. The normalized spacial score (nSPS) is 36.9. The second-order valence-electron chi connectivity index (χ2n) is 8.08. The Morgan fingerprint density at radius 3 is 2.58 bits per heavy atom. The lowest BCUT2D eigenvalue weighted by atomic mass is 9.63. The first-order chi connectivity index (χ1) is 12.2.